The fourth-order valence-electron chi connectivity index (χ4n) is 5.51. The maximum absolute atomic E-state index is 2.46. The summed E-state index contributed by atoms with van der Waals surface area (Å²) in [6, 6.07) is 16.3. The first-order valence-corrected chi connectivity index (χ1v) is 16.2. The molecule has 1 aliphatic carbocycles. The van der Waals surface area contributed by atoms with Gasteiger partial charge in [-0.3, -0.25) is 0 Å². The summed E-state index contributed by atoms with van der Waals surface area (Å²) in [7, 11) is 0. The molecule has 0 amide bonds. The normalized spacial score (nSPS) is 15.4. The second-order valence-corrected chi connectivity index (χ2v) is 10.9. The molecule has 1 aliphatic rings. The van der Waals surface area contributed by atoms with Crippen LogP contribution in [0.3, 0.4) is 0 Å². The smallest absolute Gasteiger partial charge is 0.0115 e. The highest BCUT2D eigenvalue weighted by Crippen LogP contribution is 2.36. The number of allylic oxidation sites excluding steroid dienone is 7. The van der Waals surface area contributed by atoms with Gasteiger partial charge in [-0.05, 0) is 87.6 Å². The summed E-state index contributed by atoms with van der Waals surface area (Å²) in [6.07, 6.45) is 29.0. The largest absolute Gasteiger partial charge is 0.133 e. The van der Waals surface area contributed by atoms with Crippen molar-refractivity contribution in [2.24, 2.45) is 5.92 Å². The second-order valence-electron chi connectivity index (χ2n) is 10.0. The van der Waals surface area contributed by atoms with Crippen molar-refractivity contribution >= 4 is 39.4 Å². The molecule has 38 heavy (non-hydrogen) atoms. The van der Waals surface area contributed by atoms with Gasteiger partial charge in [0, 0.05) is 5.92 Å². The molecule has 4 rings (SSSR count). The van der Waals surface area contributed by atoms with Crippen LogP contribution in [-0.4, -0.2) is 6.26 Å². The van der Waals surface area contributed by atoms with Crippen molar-refractivity contribution in [2.75, 3.05) is 6.26 Å². The van der Waals surface area contributed by atoms with Crippen LogP contribution in [0, 0.1) is 5.92 Å². The molecule has 3 aromatic carbocycles. The lowest BCUT2D eigenvalue weighted by atomic mass is 9.87. The van der Waals surface area contributed by atoms with Gasteiger partial charge in [-0.2, -0.15) is 0 Å². The SMILES string of the molecule is CC.CCCCCc1c2ccccc2c(CCCCC)c2cc(/C=C/C=C(\SC)C3C=CC=CC3)ccc12. The van der Waals surface area contributed by atoms with Crippen molar-refractivity contribution in [2.45, 2.75) is 85.5 Å². The molecule has 1 unspecified atom stereocenters. The predicted octanol–water partition coefficient (Wildman–Crippen LogP) is 11.9. The van der Waals surface area contributed by atoms with E-state index in [1.54, 1.807) is 11.1 Å². The molecule has 0 saturated heterocycles. The fraction of sp³-hybridized carbons (Fsp3) is 0.405. The molecule has 3 aromatic rings. The molecular weight excluding hydrogens is 476 g/mol. The highest BCUT2D eigenvalue weighted by atomic mass is 32.2. The third-order valence-electron chi connectivity index (χ3n) is 7.46. The number of rotatable bonds is 12. The predicted molar refractivity (Wildman–Crippen MR) is 176 cm³/mol. The molecule has 1 heteroatoms. The zero-order valence-electron chi connectivity index (χ0n) is 24.4. The summed E-state index contributed by atoms with van der Waals surface area (Å²) >= 11 is 1.87. The maximum atomic E-state index is 2.46. The van der Waals surface area contributed by atoms with E-state index < -0.39 is 0 Å². The van der Waals surface area contributed by atoms with Gasteiger partial charge in [0.05, 0.1) is 0 Å². The quantitative estimate of drug-likeness (QED) is 0.129. The summed E-state index contributed by atoms with van der Waals surface area (Å²) in [5.41, 5.74) is 4.39. The Morgan fingerprint density at radius 2 is 1.45 bits per heavy atom. The molecule has 0 spiro atoms. The Morgan fingerprint density at radius 1 is 0.816 bits per heavy atom. The average Bonchev–Trinajstić information content (AvgIpc) is 2.98. The van der Waals surface area contributed by atoms with Gasteiger partial charge in [0.15, 0.2) is 0 Å². The van der Waals surface area contributed by atoms with Crippen molar-refractivity contribution in [3.63, 3.8) is 0 Å². The lowest BCUT2D eigenvalue weighted by Gasteiger charge is -2.18. The first kappa shape index (κ1) is 30.0. The van der Waals surface area contributed by atoms with E-state index in [1.807, 2.05) is 25.6 Å². The number of hydrogen-bond acceptors (Lipinski definition) is 1. The second kappa shape index (κ2) is 16.5. The van der Waals surface area contributed by atoms with Crippen LogP contribution in [0.1, 0.15) is 89.3 Å². The standard InChI is InChI=1S/C35H42S.C2H6/c1-4-6-9-19-31-29-21-13-14-22-30(29)32(20-10-7-5-2)34-26-27(24-25-33(31)34)16-15-23-35(36-3)28-17-11-8-12-18-28;1-2/h8,11-17,21-26,28H,4-7,9-10,18-20H2,1-3H3;1-2H3/b16-15+,35-23-;. The van der Waals surface area contributed by atoms with Gasteiger partial charge in [0.1, 0.15) is 0 Å². The van der Waals surface area contributed by atoms with Crippen LogP contribution in [-0.2, 0) is 12.8 Å². The minimum absolute atomic E-state index is 0.508. The number of fused-ring (bicyclic) bond motifs is 2. The number of thioether (sulfide) groups is 1. The van der Waals surface area contributed by atoms with Crippen LogP contribution in [0.15, 0.2) is 83.8 Å². The van der Waals surface area contributed by atoms with Gasteiger partial charge in [-0.15, -0.1) is 11.8 Å². The molecule has 0 radical (unpaired) electrons. The van der Waals surface area contributed by atoms with Crippen LogP contribution < -0.4 is 0 Å². The zero-order valence-corrected chi connectivity index (χ0v) is 25.2. The van der Waals surface area contributed by atoms with Crippen LogP contribution in [0.5, 0.6) is 0 Å². The third kappa shape index (κ3) is 7.76. The van der Waals surface area contributed by atoms with Gasteiger partial charge >= 0.3 is 0 Å². The van der Waals surface area contributed by atoms with Gasteiger partial charge in [0.25, 0.3) is 0 Å². The molecule has 1 atom stereocenters. The molecule has 0 aromatic heterocycles. The minimum atomic E-state index is 0.508. The maximum Gasteiger partial charge on any atom is 0.0115 e. The Labute approximate surface area is 237 Å². The Hall–Kier alpha value is -2.51. The topological polar surface area (TPSA) is 0 Å². The lowest BCUT2D eigenvalue weighted by Crippen LogP contribution is -1.98. The molecule has 0 fully saturated rings. The van der Waals surface area contributed by atoms with Crippen molar-refractivity contribution in [3.05, 3.63) is 101 Å². The molecule has 0 aliphatic heterocycles. The van der Waals surface area contributed by atoms with Crippen molar-refractivity contribution in [1.29, 1.82) is 0 Å². The molecular formula is C37H48S. The minimum Gasteiger partial charge on any atom is -0.133 e. The zero-order chi connectivity index (χ0) is 27.2. The van der Waals surface area contributed by atoms with Gasteiger partial charge in [-0.25, -0.2) is 0 Å². The molecule has 0 saturated carbocycles. The van der Waals surface area contributed by atoms with E-state index >= 15 is 0 Å². The van der Waals surface area contributed by atoms with E-state index in [1.165, 1.54) is 77.0 Å². The Morgan fingerprint density at radius 3 is 2.03 bits per heavy atom. The average molecular weight is 525 g/mol. The molecule has 202 valence electrons. The van der Waals surface area contributed by atoms with Crippen LogP contribution in [0.4, 0.5) is 0 Å². The van der Waals surface area contributed by atoms with Crippen LogP contribution in [0.25, 0.3) is 27.6 Å². The number of unbranched alkanes of at least 4 members (excludes halogenated alkanes) is 4. The summed E-state index contributed by atoms with van der Waals surface area (Å²) in [4.78, 5) is 1.43. The lowest BCUT2D eigenvalue weighted by molar-refractivity contribution is 0.719. The third-order valence-corrected chi connectivity index (χ3v) is 8.37. The highest BCUT2D eigenvalue weighted by Gasteiger charge is 2.14. The number of benzene rings is 3. The van der Waals surface area contributed by atoms with E-state index in [0.717, 1.165) is 12.8 Å². The summed E-state index contributed by atoms with van der Waals surface area (Å²) in [5.74, 6) is 0.508. The van der Waals surface area contributed by atoms with Gasteiger partial charge < -0.3 is 0 Å². The highest BCUT2D eigenvalue weighted by molar-refractivity contribution is 8.02. The van der Waals surface area contributed by atoms with E-state index in [9.17, 15) is 0 Å². The Balaban J connectivity index is 0.00000195. The van der Waals surface area contributed by atoms with Gasteiger partial charge in [-0.1, -0.05) is 132 Å². The number of aryl methyl sites for hydroxylation is 2. The van der Waals surface area contributed by atoms with E-state index in [4.69, 9.17) is 0 Å². The summed E-state index contributed by atoms with van der Waals surface area (Å²) < 4.78 is 0. The van der Waals surface area contributed by atoms with Crippen LogP contribution in [0.2, 0.25) is 0 Å². The summed E-state index contributed by atoms with van der Waals surface area (Å²) in [5, 5.41) is 5.87. The molecule has 0 N–H and O–H groups in total. The van der Waals surface area contributed by atoms with Crippen molar-refractivity contribution in [3.8, 4) is 0 Å². The summed E-state index contributed by atoms with van der Waals surface area (Å²) in [6.45, 7) is 8.59. The van der Waals surface area contributed by atoms with Crippen molar-refractivity contribution in [1.82, 2.24) is 0 Å². The molecule has 0 heterocycles. The van der Waals surface area contributed by atoms with Gasteiger partial charge in [0.2, 0.25) is 0 Å². The van der Waals surface area contributed by atoms with E-state index in [-0.39, 0.29) is 0 Å². The van der Waals surface area contributed by atoms with E-state index in [2.05, 4.69) is 105 Å². The molecule has 0 bridgehead atoms. The first-order valence-electron chi connectivity index (χ1n) is 15.0. The molecule has 0 nitrogen and oxygen atoms in total. The Bertz CT molecular complexity index is 1270. The van der Waals surface area contributed by atoms with E-state index in [0.29, 0.717) is 5.92 Å². The Kier molecular flexibility index (Phi) is 13.0. The number of hydrogen-bond donors (Lipinski definition) is 0. The first-order chi connectivity index (χ1) is 18.8. The van der Waals surface area contributed by atoms with Crippen molar-refractivity contribution < 1.29 is 0 Å². The fourth-order valence-corrected chi connectivity index (χ4v) is 6.20. The monoisotopic (exact) mass is 524 g/mol. The van der Waals surface area contributed by atoms with Crippen LogP contribution >= 0.6 is 11.8 Å².